The van der Waals surface area contributed by atoms with E-state index in [0.29, 0.717) is 14.9 Å². The molecule has 0 aliphatic heterocycles. The third-order valence-corrected chi connectivity index (χ3v) is 5.01. The van der Waals surface area contributed by atoms with Gasteiger partial charge >= 0.3 is 0 Å². The molecular weight excluding hydrogens is 317 g/mol. The van der Waals surface area contributed by atoms with Crippen molar-refractivity contribution in [3.05, 3.63) is 33.1 Å². The second-order valence-electron chi connectivity index (χ2n) is 4.89. The number of nitrogens with one attached hydrogen (secondary N) is 1. The molecule has 1 heterocycles. The zero-order valence-electron chi connectivity index (χ0n) is 11.1. The second kappa shape index (κ2) is 6.31. The Morgan fingerprint density at radius 1 is 1.40 bits per heavy atom. The highest BCUT2D eigenvalue weighted by Crippen LogP contribution is 2.36. The number of carbonyl (C=O) groups excluding carboxylic acids is 1. The molecule has 0 radical (unpaired) electrons. The average molecular weight is 332 g/mol. The molecule has 1 aromatic heterocycles. The monoisotopic (exact) mass is 331 g/mol. The summed E-state index contributed by atoms with van der Waals surface area (Å²) in [6, 6.07) is 5.05. The smallest absolute Gasteiger partial charge is 0.263 e. The maximum atomic E-state index is 12.3. The first kappa shape index (κ1) is 15.6. The Balaban J connectivity index is 2.33. The first-order valence-electron chi connectivity index (χ1n) is 6.23. The average Bonchev–Trinajstić information content (AvgIpc) is 2.72. The highest BCUT2D eigenvalue weighted by atomic mass is 35.5. The van der Waals surface area contributed by atoms with E-state index in [9.17, 15) is 9.90 Å². The van der Waals surface area contributed by atoms with E-state index in [2.05, 4.69) is 5.32 Å². The van der Waals surface area contributed by atoms with Gasteiger partial charge in [0.1, 0.15) is 4.88 Å². The van der Waals surface area contributed by atoms with Crippen molar-refractivity contribution < 1.29 is 9.90 Å². The van der Waals surface area contributed by atoms with Crippen LogP contribution in [0.4, 0.5) is 0 Å². The van der Waals surface area contributed by atoms with E-state index in [-0.39, 0.29) is 24.5 Å². The van der Waals surface area contributed by atoms with E-state index >= 15 is 0 Å². The van der Waals surface area contributed by atoms with Crippen LogP contribution in [0.5, 0.6) is 0 Å². The molecule has 2 aromatic rings. The SMILES string of the molecule is CC(C)C(CO)NC(=O)c1sc2cc(Cl)ccc2c1Cl. The number of aliphatic hydroxyl groups is 1. The molecule has 3 nitrogen and oxygen atoms in total. The highest BCUT2D eigenvalue weighted by Gasteiger charge is 2.21. The number of thiophene rings is 1. The molecule has 1 amide bonds. The molecule has 0 saturated heterocycles. The number of benzene rings is 1. The molecule has 6 heteroatoms. The fourth-order valence-electron chi connectivity index (χ4n) is 1.84. The molecule has 1 unspecified atom stereocenters. The number of amides is 1. The minimum atomic E-state index is -0.285. The van der Waals surface area contributed by atoms with Crippen LogP contribution in [0.1, 0.15) is 23.5 Å². The first-order valence-corrected chi connectivity index (χ1v) is 7.80. The summed E-state index contributed by atoms with van der Waals surface area (Å²) in [5, 5.41) is 13.9. The summed E-state index contributed by atoms with van der Waals surface area (Å²) in [7, 11) is 0. The number of hydrogen-bond acceptors (Lipinski definition) is 3. The van der Waals surface area contributed by atoms with Crippen LogP contribution in [0.2, 0.25) is 10.0 Å². The Bertz CT molecular complexity index is 639. The van der Waals surface area contributed by atoms with Gasteiger partial charge in [0.15, 0.2) is 0 Å². The molecule has 0 aliphatic carbocycles. The van der Waals surface area contributed by atoms with E-state index < -0.39 is 0 Å². The molecule has 0 spiro atoms. The molecule has 0 aliphatic rings. The van der Waals surface area contributed by atoms with Crippen molar-refractivity contribution in [2.24, 2.45) is 5.92 Å². The van der Waals surface area contributed by atoms with Gasteiger partial charge in [-0.05, 0) is 18.1 Å². The Kier molecular flexibility index (Phi) is 4.91. The van der Waals surface area contributed by atoms with E-state index in [0.717, 1.165) is 10.1 Å². The van der Waals surface area contributed by atoms with Gasteiger partial charge in [-0.3, -0.25) is 4.79 Å². The predicted octanol–water partition coefficient (Wildman–Crippen LogP) is 3.95. The number of halogens is 2. The van der Waals surface area contributed by atoms with Gasteiger partial charge in [0.2, 0.25) is 0 Å². The van der Waals surface area contributed by atoms with Gasteiger partial charge in [-0.25, -0.2) is 0 Å². The fourth-order valence-corrected chi connectivity index (χ4v) is 3.54. The number of fused-ring (bicyclic) bond motifs is 1. The van der Waals surface area contributed by atoms with Crippen molar-refractivity contribution >= 4 is 50.5 Å². The van der Waals surface area contributed by atoms with Gasteiger partial charge in [-0.1, -0.05) is 43.1 Å². The van der Waals surface area contributed by atoms with Crippen LogP contribution in [-0.2, 0) is 0 Å². The lowest BCUT2D eigenvalue weighted by Gasteiger charge is -2.19. The first-order chi connectivity index (χ1) is 9.43. The third-order valence-electron chi connectivity index (χ3n) is 3.12. The molecule has 0 bridgehead atoms. The minimum absolute atomic E-state index is 0.0995. The predicted molar refractivity (Wildman–Crippen MR) is 85.0 cm³/mol. The topological polar surface area (TPSA) is 49.3 Å². The van der Waals surface area contributed by atoms with E-state index in [4.69, 9.17) is 23.2 Å². The van der Waals surface area contributed by atoms with Crippen LogP contribution in [0.25, 0.3) is 10.1 Å². The molecule has 0 saturated carbocycles. The van der Waals surface area contributed by atoms with Crippen LogP contribution in [0.3, 0.4) is 0 Å². The Morgan fingerprint density at radius 2 is 2.10 bits per heavy atom. The maximum absolute atomic E-state index is 12.3. The fraction of sp³-hybridized carbons (Fsp3) is 0.357. The Hall–Kier alpha value is -0.810. The number of rotatable bonds is 4. The summed E-state index contributed by atoms with van der Waals surface area (Å²) in [5.41, 5.74) is 0. The van der Waals surface area contributed by atoms with E-state index in [1.165, 1.54) is 11.3 Å². The number of aliphatic hydroxyl groups excluding tert-OH is 1. The minimum Gasteiger partial charge on any atom is -0.394 e. The molecule has 20 heavy (non-hydrogen) atoms. The lowest BCUT2D eigenvalue weighted by atomic mass is 10.1. The van der Waals surface area contributed by atoms with Crippen LogP contribution in [-0.4, -0.2) is 23.7 Å². The molecule has 108 valence electrons. The van der Waals surface area contributed by atoms with Crippen molar-refractivity contribution in [3.63, 3.8) is 0 Å². The van der Waals surface area contributed by atoms with Crippen LogP contribution in [0.15, 0.2) is 18.2 Å². The van der Waals surface area contributed by atoms with Gasteiger partial charge in [-0.15, -0.1) is 11.3 Å². The van der Waals surface area contributed by atoms with Gasteiger partial charge < -0.3 is 10.4 Å². The van der Waals surface area contributed by atoms with Crippen LogP contribution in [0, 0.1) is 5.92 Å². The molecule has 1 atom stereocenters. The summed E-state index contributed by atoms with van der Waals surface area (Å²) in [6.45, 7) is 3.78. The second-order valence-corrected chi connectivity index (χ2v) is 6.76. The summed E-state index contributed by atoms with van der Waals surface area (Å²) >= 11 is 13.5. The van der Waals surface area contributed by atoms with Gasteiger partial charge in [-0.2, -0.15) is 0 Å². The number of hydrogen-bond donors (Lipinski definition) is 2. The molecule has 0 fully saturated rings. The van der Waals surface area contributed by atoms with E-state index in [1.807, 2.05) is 13.8 Å². The van der Waals surface area contributed by atoms with Gasteiger partial charge in [0.25, 0.3) is 5.91 Å². The quantitative estimate of drug-likeness (QED) is 0.890. The number of carbonyl (C=O) groups is 1. The van der Waals surface area contributed by atoms with Crippen molar-refractivity contribution in [1.82, 2.24) is 5.32 Å². The van der Waals surface area contributed by atoms with Gasteiger partial charge in [0, 0.05) is 15.1 Å². The Labute approximate surface area is 131 Å². The van der Waals surface area contributed by atoms with Crippen molar-refractivity contribution in [1.29, 1.82) is 0 Å². The lowest BCUT2D eigenvalue weighted by molar-refractivity contribution is 0.0901. The lowest BCUT2D eigenvalue weighted by Crippen LogP contribution is -2.40. The Morgan fingerprint density at radius 3 is 2.70 bits per heavy atom. The van der Waals surface area contributed by atoms with Crippen LogP contribution >= 0.6 is 34.5 Å². The molecule has 1 aromatic carbocycles. The van der Waals surface area contributed by atoms with Crippen LogP contribution < -0.4 is 5.32 Å². The van der Waals surface area contributed by atoms with E-state index in [1.54, 1.807) is 18.2 Å². The zero-order valence-corrected chi connectivity index (χ0v) is 13.4. The van der Waals surface area contributed by atoms with Gasteiger partial charge in [0.05, 0.1) is 17.7 Å². The van der Waals surface area contributed by atoms with Crippen molar-refractivity contribution in [2.45, 2.75) is 19.9 Å². The summed E-state index contributed by atoms with van der Waals surface area (Å²) in [4.78, 5) is 12.7. The van der Waals surface area contributed by atoms with Crippen molar-refractivity contribution in [2.75, 3.05) is 6.61 Å². The third kappa shape index (κ3) is 3.09. The highest BCUT2D eigenvalue weighted by molar-refractivity contribution is 7.21. The summed E-state index contributed by atoms with van der Waals surface area (Å²) < 4.78 is 0.873. The standard InChI is InChI=1S/C14H15Cl2NO2S/c1-7(2)10(6-18)17-14(19)13-12(16)9-4-3-8(15)5-11(9)20-13/h3-5,7,10,18H,6H2,1-2H3,(H,17,19). The molecule has 2 rings (SSSR count). The van der Waals surface area contributed by atoms with Crippen molar-refractivity contribution in [3.8, 4) is 0 Å². The molecular formula is C14H15Cl2NO2S. The largest absolute Gasteiger partial charge is 0.394 e. The maximum Gasteiger partial charge on any atom is 0.263 e. The normalized spacial score (nSPS) is 12.9. The zero-order chi connectivity index (χ0) is 14.9. The summed E-state index contributed by atoms with van der Waals surface area (Å²) in [6.07, 6.45) is 0. The summed E-state index contributed by atoms with van der Waals surface area (Å²) in [5.74, 6) is -0.119. The molecule has 2 N–H and O–H groups in total.